The Morgan fingerprint density at radius 3 is 2.26 bits per heavy atom. The van der Waals surface area contributed by atoms with Crippen LogP contribution in [0.4, 0.5) is 5.82 Å². The van der Waals surface area contributed by atoms with Crippen LogP contribution < -0.4 is 10.9 Å². The SMILES string of the molecule is O=C(O)[C@@H](CO)Nc1nc2ccccc2n(C2C[C@H]3CC[C@@H](C2)N3C2CCCCCCC2)c1=O. The minimum absolute atomic E-state index is 0.00468. The van der Waals surface area contributed by atoms with Crippen molar-refractivity contribution in [2.75, 3.05) is 11.9 Å². The van der Waals surface area contributed by atoms with Crippen molar-refractivity contribution in [3.8, 4) is 0 Å². The molecule has 1 aromatic carbocycles. The molecule has 1 unspecified atom stereocenters. The van der Waals surface area contributed by atoms with Crippen molar-refractivity contribution in [3.05, 3.63) is 34.6 Å². The van der Waals surface area contributed by atoms with E-state index in [1.807, 2.05) is 28.8 Å². The fraction of sp³-hybridized carbons (Fsp3) is 0.654. The zero-order valence-electron chi connectivity index (χ0n) is 19.7. The molecule has 3 N–H and O–H groups in total. The lowest BCUT2D eigenvalue weighted by atomic mass is 9.89. The maximum absolute atomic E-state index is 13.6. The van der Waals surface area contributed by atoms with E-state index in [-0.39, 0.29) is 17.4 Å². The smallest absolute Gasteiger partial charge is 0.328 e. The van der Waals surface area contributed by atoms with Crippen LogP contribution in [0.2, 0.25) is 0 Å². The van der Waals surface area contributed by atoms with E-state index in [0.717, 1.165) is 18.4 Å². The third-order valence-corrected chi connectivity index (χ3v) is 8.21. The maximum atomic E-state index is 13.6. The predicted molar refractivity (Wildman–Crippen MR) is 131 cm³/mol. The van der Waals surface area contributed by atoms with Crippen molar-refractivity contribution in [2.24, 2.45) is 0 Å². The standard InChI is InChI=1S/C26H36N4O4/c31-16-22(26(33)34)28-24-25(32)30(23-11-7-6-10-21(23)27-24)20-14-18-12-13-19(15-20)29(18)17-8-4-2-1-3-5-9-17/h6-7,10-11,17-20,22,31H,1-5,8-9,12-16H2,(H,27,28)(H,33,34)/t18-,19+,20?,22-/m1/s1. The van der Waals surface area contributed by atoms with Gasteiger partial charge >= 0.3 is 5.97 Å². The van der Waals surface area contributed by atoms with Gasteiger partial charge in [0, 0.05) is 24.2 Å². The third-order valence-electron chi connectivity index (χ3n) is 8.21. The van der Waals surface area contributed by atoms with Gasteiger partial charge in [0.25, 0.3) is 5.56 Å². The number of aliphatic carboxylic acids is 1. The fourth-order valence-corrected chi connectivity index (χ4v) is 6.69. The monoisotopic (exact) mass is 468 g/mol. The number of para-hydroxylation sites is 2. The van der Waals surface area contributed by atoms with Crippen molar-refractivity contribution in [2.45, 2.75) is 101 Å². The summed E-state index contributed by atoms with van der Waals surface area (Å²) in [4.78, 5) is 32.3. The highest BCUT2D eigenvalue weighted by Crippen LogP contribution is 2.44. The van der Waals surface area contributed by atoms with Gasteiger partial charge in [-0.2, -0.15) is 0 Å². The molecule has 8 nitrogen and oxygen atoms in total. The first-order chi connectivity index (χ1) is 16.6. The molecule has 2 aromatic rings. The number of fused-ring (bicyclic) bond motifs is 3. The molecule has 2 saturated heterocycles. The topological polar surface area (TPSA) is 108 Å². The summed E-state index contributed by atoms with van der Waals surface area (Å²) in [6, 6.07) is 8.01. The number of carbonyl (C=O) groups is 1. The van der Waals surface area contributed by atoms with Crippen LogP contribution in [-0.2, 0) is 4.79 Å². The molecule has 1 saturated carbocycles. The molecule has 0 spiro atoms. The molecule has 34 heavy (non-hydrogen) atoms. The maximum Gasteiger partial charge on any atom is 0.328 e. The molecule has 184 valence electrons. The van der Waals surface area contributed by atoms with Gasteiger partial charge in [0.05, 0.1) is 17.6 Å². The summed E-state index contributed by atoms with van der Waals surface area (Å²) in [5, 5.41) is 21.5. The Kier molecular flexibility index (Phi) is 6.88. The lowest BCUT2D eigenvalue weighted by molar-refractivity contribution is -0.138. The van der Waals surface area contributed by atoms with Gasteiger partial charge in [-0.15, -0.1) is 0 Å². The molecule has 5 rings (SSSR count). The number of hydrogen-bond acceptors (Lipinski definition) is 6. The molecule has 0 amide bonds. The highest BCUT2D eigenvalue weighted by molar-refractivity contribution is 5.79. The number of rotatable bonds is 6. The Morgan fingerprint density at radius 1 is 0.971 bits per heavy atom. The number of anilines is 1. The molecule has 4 atom stereocenters. The van der Waals surface area contributed by atoms with Gasteiger partial charge in [0.15, 0.2) is 5.82 Å². The number of piperidine rings is 1. The number of hydrogen-bond donors (Lipinski definition) is 3. The van der Waals surface area contributed by atoms with Gasteiger partial charge in [-0.1, -0.05) is 44.2 Å². The Labute approximate surface area is 200 Å². The van der Waals surface area contributed by atoms with E-state index in [4.69, 9.17) is 0 Å². The average molecular weight is 469 g/mol. The van der Waals surface area contributed by atoms with E-state index in [9.17, 15) is 19.8 Å². The number of carboxylic acid groups (broad SMARTS) is 1. The normalized spacial score (nSPS) is 27.3. The van der Waals surface area contributed by atoms with E-state index in [1.54, 1.807) is 0 Å². The highest BCUT2D eigenvalue weighted by atomic mass is 16.4. The van der Waals surface area contributed by atoms with E-state index in [1.165, 1.54) is 57.8 Å². The second-order valence-corrected chi connectivity index (χ2v) is 10.3. The van der Waals surface area contributed by atoms with Gasteiger partial charge in [-0.05, 0) is 50.7 Å². The number of aromatic nitrogens is 2. The van der Waals surface area contributed by atoms with Crippen LogP contribution in [0.1, 0.15) is 76.7 Å². The number of carboxylic acids is 1. The molecular weight excluding hydrogens is 432 g/mol. The molecule has 8 heteroatoms. The van der Waals surface area contributed by atoms with Crippen molar-refractivity contribution in [1.29, 1.82) is 0 Å². The third kappa shape index (κ3) is 4.45. The van der Waals surface area contributed by atoms with Gasteiger partial charge in [0.2, 0.25) is 0 Å². The van der Waals surface area contributed by atoms with Gasteiger partial charge in [-0.3, -0.25) is 9.69 Å². The first-order valence-corrected chi connectivity index (χ1v) is 13.0. The summed E-state index contributed by atoms with van der Waals surface area (Å²) in [6.45, 7) is -0.618. The summed E-state index contributed by atoms with van der Waals surface area (Å²) < 4.78 is 1.85. The molecule has 3 fully saturated rings. The lowest BCUT2D eigenvalue weighted by Gasteiger charge is -2.45. The minimum Gasteiger partial charge on any atom is -0.480 e. The second-order valence-electron chi connectivity index (χ2n) is 10.3. The molecular formula is C26H36N4O4. The summed E-state index contributed by atoms with van der Waals surface area (Å²) in [5.41, 5.74) is 1.14. The van der Waals surface area contributed by atoms with Crippen molar-refractivity contribution < 1.29 is 15.0 Å². The Bertz CT molecular complexity index is 1060. The molecule has 2 aliphatic heterocycles. The summed E-state index contributed by atoms with van der Waals surface area (Å²) in [7, 11) is 0. The Morgan fingerprint density at radius 2 is 1.62 bits per heavy atom. The molecule has 1 aromatic heterocycles. The first-order valence-electron chi connectivity index (χ1n) is 13.0. The zero-order valence-corrected chi connectivity index (χ0v) is 19.7. The summed E-state index contributed by atoms with van der Waals surface area (Å²) in [5.74, 6) is -1.22. The first kappa shape index (κ1) is 23.3. The van der Waals surface area contributed by atoms with E-state index >= 15 is 0 Å². The fourth-order valence-electron chi connectivity index (χ4n) is 6.69. The summed E-state index contributed by atoms with van der Waals surface area (Å²) in [6.07, 6.45) is 13.5. The van der Waals surface area contributed by atoms with Gasteiger partial charge in [-0.25, -0.2) is 9.78 Å². The number of nitrogens with zero attached hydrogens (tertiary/aromatic N) is 3. The molecule has 1 aliphatic carbocycles. The largest absolute Gasteiger partial charge is 0.480 e. The number of aliphatic hydroxyl groups excluding tert-OH is 1. The van der Waals surface area contributed by atoms with Gasteiger partial charge < -0.3 is 20.1 Å². The van der Waals surface area contributed by atoms with Crippen molar-refractivity contribution >= 4 is 22.8 Å². The van der Waals surface area contributed by atoms with Crippen molar-refractivity contribution in [3.63, 3.8) is 0 Å². The van der Waals surface area contributed by atoms with Crippen LogP contribution in [0.25, 0.3) is 11.0 Å². The lowest BCUT2D eigenvalue weighted by Crippen LogP contribution is -2.50. The molecule has 3 heterocycles. The number of nitrogens with one attached hydrogen (secondary N) is 1. The van der Waals surface area contributed by atoms with Crippen LogP contribution in [0, 0.1) is 0 Å². The van der Waals surface area contributed by atoms with Crippen LogP contribution in [0.5, 0.6) is 0 Å². The molecule has 3 aliphatic rings. The van der Waals surface area contributed by atoms with Crippen LogP contribution >= 0.6 is 0 Å². The van der Waals surface area contributed by atoms with E-state index < -0.39 is 18.6 Å². The number of aliphatic hydroxyl groups is 1. The van der Waals surface area contributed by atoms with E-state index in [0.29, 0.717) is 23.6 Å². The average Bonchev–Trinajstić information content (AvgIpc) is 3.06. The minimum atomic E-state index is -1.27. The zero-order chi connectivity index (χ0) is 23.7. The quantitative estimate of drug-likeness (QED) is 0.595. The van der Waals surface area contributed by atoms with Crippen LogP contribution in [-0.4, -0.2) is 61.4 Å². The molecule has 2 bridgehead atoms. The highest BCUT2D eigenvalue weighted by Gasteiger charge is 2.44. The summed E-state index contributed by atoms with van der Waals surface area (Å²) >= 11 is 0. The number of benzene rings is 1. The van der Waals surface area contributed by atoms with Crippen molar-refractivity contribution in [1.82, 2.24) is 14.5 Å². The van der Waals surface area contributed by atoms with E-state index in [2.05, 4.69) is 15.2 Å². The van der Waals surface area contributed by atoms with Crippen LogP contribution in [0.15, 0.2) is 29.1 Å². The van der Waals surface area contributed by atoms with Gasteiger partial charge in [0.1, 0.15) is 6.04 Å². The van der Waals surface area contributed by atoms with Crippen LogP contribution in [0.3, 0.4) is 0 Å². The Balaban J connectivity index is 1.46. The second kappa shape index (κ2) is 10.0. The predicted octanol–water partition coefficient (Wildman–Crippen LogP) is 3.53. The Hall–Kier alpha value is -2.45. The molecule has 0 radical (unpaired) electrons.